The van der Waals surface area contributed by atoms with Gasteiger partial charge in [-0.15, -0.1) is 0 Å². The van der Waals surface area contributed by atoms with E-state index in [4.69, 9.17) is 9.47 Å². The van der Waals surface area contributed by atoms with E-state index >= 15 is 0 Å². The summed E-state index contributed by atoms with van der Waals surface area (Å²) in [5, 5.41) is 2.05. The molecule has 0 saturated heterocycles. The Labute approximate surface area is 96.3 Å². The number of ether oxygens (including phenoxy) is 2. The first kappa shape index (κ1) is 10.9. The van der Waals surface area contributed by atoms with Crippen molar-refractivity contribution in [2.24, 2.45) is 0 Å². The average Bonchev–Trinajstić information content (AvgIpc) is 2.74. The van der Waals surface area contributed by atoms with E-state index < -0.39 is 10.8 Å². The summed E-state index contributed by atoms with van der Waals surface area (Å²) in [4.78, 5) is 4.07. The van der Waals surface area contributed by atoms with Crippen LogP contribution < -0.4 is 9.47 Å². The number of hydrogen-bond donors (Lipinski definition) is 0. The van der Waals surface area contributed by atoms with Gasteiger partial charge < -0.3 is 14.0 Å². The molecule has 1 atom stereocenters. The van der Waals surface area contributed by atoms with Crippen molar-refractivity contribution in [2.75, 3.05) is 14.2 Å². The molecule has 0 saturated carbocycles. The van der Waals surface area contributed by atoms with Gasteiger partial charge in [-0.1, -0.05) is 0 Å². The molecule has 0 spiro atoms. The molecule has 2 aromatic rings. The van der Waals surface area contributed by atoms with Crippen LogP contribution in [0, 0.1) is 0 Å². The van der Waals surface area contributed by atoms with Crippen LogP contribution in [-0.2, 0) is 0 Å². The van der Waals surface area contributed by atoms with Crippen molar-refractivity contribution < 1.29 is 14.0 Å². The summed E-state index contributed by atoms with van der Waals surface area (Å²) < 4.78 is 21.9. The average molecular weight is 237 g/mol. The summed E-state index contributed by atoms with van der Waals surface area (Å²) in [5.41, 5.74) is 0.728. The lowest BCUT2D eigenvalue weighted by Gasteiger charge is -2.07. The van der Waals surface area contributed by atoms with Crippen molar-refractivity contribution in [1.29, 1.82) is 0 Å². The fourth-order valence-corrected chi connectivity index (χ4v) is 2.27. The van der Waals surface area contributed by atoms with Crippen LogP contribution in [0.3, 0.4) is 0 Å². The van der Waals surface area contributed by atoms with Crippen LogP contribution in [0.15, 0.2) is 29.8 Å². The van der Waals surface area contributed by atoms with E-state index in [-0.39, 0.29) is 0 Å². The summed E-state index contributed by atoms with van der Waals surface area (Å²) in [7, 11) is 1.96. The topological polar surface area (TPSA) is 54.4 Å². The van der Waals surface area contributed by atoms with Crippen LogP contribution in [0.2, 0.25) is 0 Å². The van der Waals surface area contributed by atoms with Crippen molar-refractivity contribution in [1.82, 2.24) is 4.98 Å². The molecule has 0 aliphatic carbocycles. The molecule has 0 fully saturated rings. The van der Waals surface area contributed by atoms with E-state index in [0.29, 0.717) is 16.5 Å². The van der Waals surface area contributed by atoms with Crippen LogP contribution in [0.4, 0.5) is 0 Å². The Bertz CT molecular complexity index is 496. The van der Waals surface area contributed by atoms with E-state index in [1.165, 1.54) is 6.20 Å². The third-order valence-electron chi connectivity index (χ3n) is 2.21. The van der Waals surface area contributed by atoms with Gasteiger partial charge >= 0.3 is 0 Å². The number of rotatable bonds is 3. The van der Waals surface area contributed by atoms with Gasteiger partial charge in [0.05, 0.1) is 26.0 Å². The molecule has 16 heavy (non-hydrogen) atoms. The third kappa shape index (κ3) is 1.87. The minimum Gasteiger partial charge on any atom is -0.589 e. The summed E-state index contributed by atoms with van der Waals surface area (Å²) in [6, 6.07) is 5.32. The fraction of sp³-hybridized carbons (Fsp3) is 0.182. The quantitative estimate of drug-likeness (QED) is 0.769. The summed E-state index contributed by atoms with van der Waals surface area (Å²) in [5.74, 6) is 1.30. The van der Waals surface area contributed by atoms with E-state index in [9.17, 15) is 4.55 Å². The minimum absolute atomic E-state index is 0.513. The lowest BCUT2D eigenvalue weighted by atomic mass is 10.2. The Morgan fingerprint density at radius 2 is 2.06 bits per heavy atom. The maximum absolute atomic E-state index is 11.6. The second kappa shape index (κ2) is 4.51. The highest BCUT2D eigenvalue weighted by atomic mass is 32.2. The van der Waals surface area contributed by atoms with Crippen molar-refractivity contribution in [3.8, 4) is 22.1 Å². The zero-order valence-corrected chi connectivity index (χ0v) is 9.78. The Balaban J connectivity index is 2.53. The lowest BCUT2D eigenvalue weighted by molar-refractivity contribution is 0.395. The molecule has 4 nitrogen and oxygen atoms in total. The summed E-state index contributed by atoms with van der Waals surface area (Å²) in [6.07, 6.45) is 1.54. The number of hydrogen-bond acceptors (Lipinski definition) is 4. The predicted molar refractivity (Wildman–Crippen MR) is 61.4 cm³/mol. The molecular formula is C11H11NO3S. The first-order valence-corrected chi connectivity index (χ1v) is 5.85. The standard InChI is InChI=1S/C11H11NO3S/c1-14-8-3-4-9(10(7-8)15-2)11-12-5-6-16(11)13/h3-7H,1-2H3. The smallest absolute Gasteiger partial charge is 0.276 e. The second-order valence-electron chi connectivity index (χ2n) is 3.08. The molecule has 2 rings (SSSR count). The second-order valence-corrected chi connectivity index (χ2v) is 4.34. The van der Waals surface area contributed by atoms with Gasteiger partial charge in [0.2, 0.25) is 0 Å². The molecule has 0 aliphatic heterocycles. The predicted octanol–water partition coefficient (Wildman–Crippen LogP) is 2.49. The zero-order chi connectivity index (χ0) is 11.5. The van der Waals surface area contributed by atoms with Crippen molar-refractivity contribution >= 4 is 10.8 Å². The SMILES string of the molecule is COc1ccc(-c2ncc[s+]2[O-])c(OC)c1. The van der Waals surface area contributed by atoms with Crippen LogP contribution in [0.1, 0.15) is 0 Å². The van der Waals surface area contributed by atoms with Crippen molar-refractivity contribution in [3.63, 3.8) is 0 Å². The zero-order valence-electron chi connectivity index (χ0n) is 8.97. The van der Waals surface area contributed by atoms with E-state index in [0.717, 1.165) is 5.56 Å². The molecule has 1 aromatic heterocycles. The normalized spacial score (nSPS) is 11.3. The van der Waals surface area contributed by atoms with Crippen LogP contribution in [-0.4, -0.2) is 23.8 Å². The van der Waals surface area contributed by atoms with Gasteiger partial charge in [-0.3, -0.25) is 0 Å². The van der Waals surface area contributed by atoms with Gasteiger partial charge in [0.25, 0.3) is 5.01 Å². The number of nitrogens with zero attached hydrogens (tertiary/aromatic N) is 1. The van der Waals surface area contributed by atoms with Gasteiger partial charge in [0.15, 0.2) is 5.38 Å². The molecule has 0 amide bonds. The highest BCUT2D eigenvalue weighted by Crippen LogP contribution is 2.37. The molecule has 1 heterocycles. The maximum atomic E-state index is 11.6. The van der Waals surface area contributed by atoms with E-state index in [1.54, 1.807) is 37.8 Å². The highest BCUT2D eigenvalue weighted by Gasteiger charge is 2.16. The Morgan fingerprint density at radius 1 is 1.25 bits per heavy atom. The molecule has 0 bridgehead atoms. The number of methoxy groups -OCH3 is 2. The van der Waals surface area contributed by atoms with Crippen LogP contribution in [0.5, 0.6) is 11.5 Å². The van der Waals surface area contributed by atoms with Gasteiger partial charge in [-0.2, -0.15) is 0 Å². The van der Waals surface area contributed by atoms with Gasteiger partial charge in [0.1, 0.15) is 11.5 Å². The van der Waals surface area contributed by atoms with Gasteiger partial charge in [0, 0.05) is 6.07 Å². The van der Waals surface area contributed by atoms with Crippen LogP contribution in [0.25, 0.3) is 10.6 Å². The van der Waals surface area contributed by atoms with E-state index in [1.807, 2.05) is 0 Å². The van der Waals surface area contributed by atoms with E-state index in [2.05, 4.69) is 4.98 Å². The number of thiazole rings is 1. The number of aromatic nitrogens is 1. The Hall–Kier alpha value is -1.59. The summed E-state index contributed by atoms with van der Waals surface area (Å²) >= 11 is 0. The molecule has 1 aromatic carbocycles. The minimum atomic E-state index is -1.18. The molecule has 0 radical (unpaired) electrons. The van der Waals surface area contributed by atoms with Crippen LogP contribution >= 0.6 is 10.8 Å². The highest BCUT2D eigenvalue weighted by molar-refractivity contribution is 7.26. The third-order valence-corrected chi connectivity index (χ3v) is 3.28. The Kier molecular flexibility index (Phi) is 3.07. The molecule has 0 aliphatic rings. The Morgan fingerprint density at radius 3 is 2.62 bits per heavy atom. The summed E-state index contributed by atoms with van der Waals surface area (Å²) in [6.45, 7) is 0. The molecule has 1 unspecified atom stereocenters. The molecular weight excluding hydrogens is 226 g/mol. The van der Waals surface area contributed by atoms with Gasteiger partial charge in [-0.05, 0) is 22.9 Å². The fourth-order valence-electron chi connectivity index (χ4n) is 1.42. The monoisotopic (exact) mass is 237 g/mol. The molecule has 84 valence electrons. The first-order valence-electron chi connectivity index (χ1n) is 4.63. The molecule has 0 N–H and O–H groups in total. The largest absolute Gasteiger partial charge is 0.589 e. The van der Waals surface area contributed by atoms with Crippen molar-refractivity contribution in [2.45, 2.75) is 0 Å². The lowest BCUT2D eigenvalue weighted by Crippen LogP contribution is -1.90. The first-order chi connectivity index (χ1) is 7.76. The van der Waals surface area contributed by atoms with Crippen molar-refractivity contribution in [3.05, 3.63) is 29.8 Å². The molecule has 5 heteroatoms. The van der Waals surface area contributed by atoms with Gasteiger partial charge in [-0.25, -0.2) is 4.98 Å². The number of benzene rings is 1. The maximum Gasteiger partial charge on any atom is 0.276 e.